The van der Waals surface area contributed by atoms with Gasteiger partial charge in [-0.2, -0.15) is 0 Å². The molecule has 8 heteroatoms. The summed E-state index contributed by atoms with van der Waals surface area (Å²) in [5, 5.41) is 10.4. The lowest BCUT2D eigenvalue weighted by Crippen LogP contribution is -2.42. The van der Waals surface area contributed by atoms with Crippen molar-refractivity contribution in [3.8, 4) is 0 Å². The molecule has 1 aromatic carbocycles. The number of Topliss-reactive ketones (excluding diaryl/α,β-unsaturated/α-hetero) is 1. The topological polar surface area (TPSA) is 37.3 Å². The Morgan fingerprint density at radius 2 is 1.56 bits per heavy atom. The molecule has 1 aromatic rings. The number of carbonyl (C=O) groups is 1. The second-order valence-corrected chi connectivity index (χ2v) is 7.17. The van der Waals surface area contributed by atoms with Gasteiger partial charge in [-0.3, -0.25) is 4.79 Å². The van der Waals surface area contributed by atoms with Crippen LogP contribution in [0.15, 0.2) is 16.7 Å². The molecule has 0 bridgehead atoms. The lowest BCUT2D eigenvalue weighted by atomic mass is 9.61. The summed E-state index contributed by atoms with van der Waals surface area (Å²) in [6, 6.07) is 0. The Kier molecular flexibility index (Phi) is 4.74. The maximum atomic E-state index is 14.9. The van der Waals surface area contributed by atoms with Gasteiger partial charge in [0.25, 0.3) is 0 Å². The number of fused-ring (bicyclic) bond motifs is 1. The summed E-state index contributed by atoms with van der Waals surface area (Å²) >= 11 is 0. The van der Waals surface area contributed by atoms with Crippen molar-refractivity contribution >= 4 is 11.6 Å². The largest absolute Gasteiger partial charge is 0.392 e. The molecule has 2 nitrogen and oxygen atoms in total. The Bertz CT molecular complexity index is 888. The minimum Gasteiger partial charge on any atom is -0.392 e. The number of aliphatic hydroxyl groups is 1. The van der Waals surface area contributed by atoms with Crippen molar-refractivity contribution in [2.24, 2.45) is 5.41 Å². The number of benzene rings is 1. The van der Waals surface area contributed by atoms with E-state index in [2.05, 4.69) is 0 Å². The summed E-state index contributed by atoms with van der Waals surface area (Å²) in [5.74, 6) is -14.3. The van der Waals surface area contributed by atoms with E-state index in [-0.39, 0.29) is 5.57 Å². The Morgan fingerprint density at radius 3 is 2.11 bits per heavy atom. The van der Waals surface area contributed by atoms with Crippen LogP contribution in [-0.2, 0) is 4.79 Å². The molecular weight excluding hydrogens is 374 g/mol. The zero-order chi connectivity index (χ0) is 20.3. The van der Waals surface area contributed by atoms with Crippen LogP contribution in [-0.4, -0.2) is 17.0 Å². The standard InChI is InChI=1S/C19H16F6O2/c1-7-9-4-3-5-10(26)19(9,2)6-8(18(7)27)12(20)11-13(21)15(23)17(25)16(24)14(11)22/h10,26H,3-6H2,1-2H3/b12-8+/t10-,19-/m0/s1. The molecular formula is C19H16F6O2. The molecule has 1 N–H and O–H groups in total. The van der Waals surface area contributed by atoms with Crippen molar-refractivity contribution in [3.63, 3.8) is 0 Å². The zero-order valence-corrected chi connectivity index (χ0v) is 14.5. The molecule has 3 rings (SSSR count). The van der Waals surface area contributed by atoms with Crippen molar-refractivity contribution in [1.82, 2.24) is 0 Å². The summed E-state index contributed by atoms with van der Waals surface area (Å²) in [5.41, 5.74) is -2.77. The fourth-order valence-electron chi connectivity index (χ4n) is 4.05. The molecule has 2 aliphatic carbocycles. The fraction of sp³-hybridized carbons (Fsp3) is 0.421. The fourth-order valence-corrected chi connectivity index (χ4v) is 4.05. The van der Waals surface area contributed by atoms with E-state index in [4.69, 9.17) is 0 Å². The number of aliphatic hydroxyl groups excluding tert-OH is 1. The first kappa shape index (κ1) is 19.7. The van der Waals surface area contributed by atoms with Crippen LogP contribution in [0.1, 0.15) is 45.1 Å². The molecule has 1 fully saturated rings. The lowest BCUT2D eigenvalue weighted by molar-refractivity contribution is -0.113. The predicted octanol–water partition coefficient (Wildman–Crippen LogP) is 4.90. The van der Waals surface area contributed by atoms with Gasteiger partial charge in [-0.15, -0.1) is 0 Å². The van der Waals surface area contributed by atoms with E-state index in [0.717, 1.165) is 0 Å². The van der Waals surface area contributed by atoms with E-state index in [1.807, 2.05) is 0 Å². The predicted molar refractivity (Wildman–Crippen MR) is 84.5 cm³/mol. The number of hydrogen-bond acceptors (Lipinski definition) is 2. The average molecular weight is 390 g/mol. The number of rotatable bonds is 1. The van der Waals surface area contributed by atoms with Gasteiger partial charge in [0.15, 0.2) is 29.1 Å². The summed E-state index contributed by atoms with van der Waals surface area (Å²) in [6.45, 7) is 2.99. The van der Waals surface area contributed by atoms with Gasteiger partial charge in [-0.25, -0.2) is 26.3 Å². The first-order chi connectivity index (χ1) is 12.5. The van der Waals surface area contributed by atoms with Gasteiger partial charge in [0.1, 0.15) is 5.83 Å². The Balaban J connectivity index is 2.26. The number of hydrogen-bond donors (Lipinski definition) is 1. The van der Waals surface area contributed by atoms with E-state index < -0.39 is 69.8 Å². The minimum atomic E-state index is -2.41. The van der Waals surface area contributed by atoms with Crippen molar-refractivity contribution in [1.29, 1.82) is 0 Å². The Labute approximate surface area is 151 Å². The highest BCUT2D eigenvalue weighted by Crippen LogP contribution is 2.51. The molecule has 146 valence electrons. The van der Waals surface area contributed by atoms with Crippen LogP contribution in [0.5, 0.6) is 0 Å². The molecule has 0 aromatic heterocycles. The Hall–Kier alpha value is -2.09. The molecule has 1 saturated carbocycles. The van der Waals surface area contributed by atoms with E-state index in [1.54, 1.807) is 6.92 Å². The highest BCUT2D eigenvalue weighted by Gasteiger charge is 2.47. The lowest BCUT2D eigenvalue weighted by Gasteiger charge is -2.45. The first-order valence-corrected chi connectivity index (χ1v) is 8.35. The van der Waals surface area contributed by atoms with Crippen molar-refractivity contribution < 1.29 is 36.2 Å². The van der Waals surface area contributed by atoms with Gasteiger partial charge >= 0.3 is 0 Å². The number of halogens is 6. The molecule has 0 heterocycles. The highest BCUT2D eigenvalue weighted by atomic mass is 19.2. The van der Waals surface area contributed by atoms with Gasteiger partial charge in [-0.1, -0.05) is 12.5 Å². The summed E-state index contributed by atoms with van der Waals surface area (Å²) in [4.78, 5) is 12.6. The minimum absolute atomic E-state index is 0.122. The normalized spacial score (nSPS) is 27.7. The molecule has 2 aliphatic rings. The van der Waals surface area contributed by atoms with Crippen LogP contribution < -0.4 is 0 Å². The second kappa shape index (κ2) is 6.51. The van der Waals surface area contributed by atoms with Crippen LogP contribution in [0, 0.1) is 34.5 Å². The Morgan fingerprint density at radius 1 is 1.04 bits per heavy atom. The van der Waals surface area contributed by atoms with Crippen molar-refractivity contribution in [2.45, 2.75) is 45.6 Å². The SMILES string of the molecule is CC1=C2CCC[C@H](O)[C@@]2(C)C/C(=C(\F)c2c(F)c(F)c(F)c(F)c2F)C1=O. The van der Waals surface area contributed by atoms with Gasteiger partial charge < -0.3 is 5.11 Å². The van der Waals surface area contributed by atoms with Crippen LogP contribution in [0.3, 0.4) is 0 Å². The third-order valence-corrected chi connectivity index (χ3v) is 5.63. The van der Waals surface area contributed by atoms with Gasteiger partial charge in [0, 0.05) is 11.0 Å². The molecule has 0 spiro atoms. The second-order valence-electron chi connectivity index (χ2n) is 7.17. The van der Waals surface area contributed by atoms with E-state index in [0.29, 0.717) is 24.8 Å². The summed E-state index contributed by atoms with van der Waals surface area (Å²) in [6.07, 6.45) is 0.186. The summed E-state index contributed by atoms with van der Waals surface area (Å²) in [7, 11) is 0. The third-order valence-electron chi connectivity index (χ3n) is 5.63. The maximum absolute atomic E-state index is 14.9. The van der Waals surface area contributed by atoms with Crippen molar-refractivity contribution in [2.75, 3.05) is 0 Å². The number of allylic oxidation sites excluding steroid dienone is 2. The molecule has 0 radical (unpaired) electrons. The number of carbonyl (C=O) groups excluding carboxylic acids is 1. The van der Waals surface area contributed by atoms with E-state index >= 15 is 0 Å². The van der Waals surface area contributed by atoms with Gasteiger partial charge in [0.2, 0.25) is 5.82 Å². The van der Waals surface area contributed by atoms with E-state index in [9.17, 15) is 36.2 Å². The average Bonchev–Trinajstić information content (AvgIpc) is 2.63. The van der Waals surface area contributed by atoms with Crippen LogP contribution in [0.4, 0.5) is 26.3 Å². The van der Waals surface area contributed by atoms with Crippen LogP contribution >= 0.6 is 0 Å². The van der Waals surface area contributed by atoms with Crippen molar-refractivity contribution in [3.05, 3.63) is 51.4 Å². The van der Waals surface area contributed by atoms with Crippen LogP contribution in [0.2, 0.25) is 0 Å². The summed E-state index contributed by atoms with van der Waals surface area (Å²) < 4.78 is 82.9. The van der Waals surface area contributed by atoms with E-state index in [1.165, 1.54) is 6.92 Å². The van der Waals surface area contributed by atoms with Crippen LogP contribution in [0.25, 0.3) is 5.83 Å². The molecule has 0 aliphatic heterocycles. The number of ketones is 1. The highest BCUT2D eigenvalue weighted by molar-refractivity contribution is 6.13. The third kappa shape index (κ3) is 2.72. The molecule has 0 amide bonds. The molecule has 2 atom stereocenters. The van der Waals surface area contributed by atoms with Gasteiger partial charge in [0.05, 0.1) is 11.7 Å². The monoisotopic (exact) mass is 390 g/mol. The molecule has 0 unspecified atom stereocenters. The first-order valence-electron chi connectivity index (χ1n) is 8.35. The molecule has 0 saturated heterocycles. The zero-order valence-electron chi connectivity index (χ0n) is 14.5. The maximum Gasteiger partial charge on any atom is 0.200 e. The molecule has 27 heavy (non-hydrogen) atoms. The van der Waals surface area contributed by atoms with Gasteiger partial charge in [-0.05, 0) is 38.2 Å². The smallest absolute Gasteiger partial charge is 0.200 e. The quantitative estimate of drug-likeness (QED) is 0.320.